The minimum Gasteiger partial charge on any atom is -0.383 e. The first-order valence-electron chi connectivity index (χ1n) is 7.89. The molecule has 1 atom stereocenters. The van der Waals surface area contributed by atoms with Gasteiger partial charge in [-0.05, 0) is 25.5 Å². The molecule has 2 aromatic rings. The van der Waals surface area contributed by atoms with Crippen LogP contribution >= 0.6 is 11.6 Å². The zero-order chi connectivity index (χ0) is 17.6. The van der Waals surface area contributed by atoms with Crippen LogP contribution in [-0.2, 0) is 19.2 Å². The third-order valence-electron chi connectivity index (χ3n) is 3.64. The molecule has 24 heavy (non-hydrogen) atoms. The van der Waals surface area contributed by atoms with Crippen molar-refractivity contribution in [1.82, 2.24) is 20.4 Å². The molecule has 130 valence electrons. The second kappa shape index (κ2) is 8.17. The van der Waals surface area contributed by atoms with Crippen molar-refractivity contribution in [2.45, 2.75) is 26.0 Å². The van der Waals surface area contributed by atoms with Crippen molar-refractivity contribution in [3.05, 3.63) is 52.8 Å². The number of benzene rings is 1. The Bertz CT molecular complexity index is 696. The number of aromatic nitrogens is 2. The van der Waals surface area contributed by atoms with Crippen LogP contribution in [0.15, 0.2) is 41.7 Å². The van der Waals surface area contributed by atoms with Crippen LogP contribution in [0, 0.1) is 0 Å². The van der Waals surface area contributed by atoms with Crippen molar-refractivity contribution >= 4 is 17.6 Å². The highest BCUT2D eigenvalue weighted by atomic mass is 35.5. The Morgan fingerprint density at radius 3 is 2.75 bits per heavy atom. The van der Waals surface area contributed by atoms with E-state index in [1.54, 1.807) is 24.0 Å². The predicted octanol–water partition coefficient (Wildman–Crippen LogP) is 2.04. The molecule has 7 heteroatoms. The van der Waals surface area contributed by atoms with Crippen LogP contribution < -0.4 is 10.6 Å². The summed E-state index contributed by atoms with van der Waals surface area (Å²) in [4.78, 5) is 4.52. The van der Waals surface area contributed by atoms with Crippen molar-refractivity contribution < 1.29 is 5.11 Å². The number of nitrogens with one attached hydrogen (secondary N) is 2. The van der Waals surface area contributed by atoms with Crippen LogP contribution in [-0.4, -0.2) is 33.9 Å². The number of halogens is 1. The third kappa shape index (κ3) is 4.97. The van der Waals surface area contributed by atoms with Gasteiger partial charge in [-0.3, -0.25) is 4.68 Å². The van der Waals surface area contributed by atoms with Gasteiger partial charge in [-0.1, -0.05) is 29.8 Å². The van der Waals surface area contributed by atoms with E-state index in [2.05, 4.69) is 20.7 Å². The monoisotopic (exact) mass is 349 g/mol. The Labute approximate surface area is 147 Å². The van der Waals surface area contributed by atoms with Crippen molar-refractivity contribution in [1.29, 1.82) is 0 Å². The van der Waals surface area contributed by atoms with Gasteiger partial charge in [-0.2, -0.15) is 5.10 Å². The van der Waals surface area contributed by atoms with E-state index < -0.39 is 5.60 Å². The normalized spacial score (nSPS) is 14.3. The van der Waals surface area contributed by atoms with Gasteiger partial charge in [-0.15, -0.1) is 0 Å². The first kappa shape index (κ1) is 18.3. The van der Waals surface area contributed by atoms with Crippen molar-refractivity contribution in [2.24, 2.45) is 12.0 Å². The fourth-order valence-electron chi connectivity index (χ4n) is 2.19. The fourth-order valence-corrected chi connectivity index (χ4v) is 2.39. The molecule has 0 bridgehead atoms. The second-order valence-corrected chi connectivity index (χ2v) is 6.22. The number of hydrogen-bond acceptors (Lipinski definition) is 3. The summed E-state index contributed by atoms with van der Waals surface area (Å²) in [5.74, 6) is 0.626. The van der Waals surface area contributed by atoms with Gasteiger partial charge in [0.1, 0.15) is 5.60 Å². The Hall–Kier alpha value is -2.05. The summed E-state index contributed by atoms with van der Waals surface area (Å²) < 4.78 is 1.67. The van der Waals surface area contributed by atoms with Crippen LogP contribution in [0.25, 0.3) is 0 Å². The molecule has 0 aliphatic heterocycles. The van der Waals surface area contributed by atoms with Crippen LogP contribution in [0.4, 0.5) is 0 Å². The molecule has 3 N–H and O–H groups in total. The highest BCUT2D eigenvalue weighted by Crippen LogP contribution is 2.18. The van der Waals surface area contributed by atoms with E-state index in [9.17, 15) is 5.11 Å². The lowest BCUT2D eigenvalue weighted by molar-refractivity contribution is 0.0616. The summed E-state index contributed by atoms with van der Waals surface area (Å²) in [6.07, 6.45) is 3.46. The van der Waals surface area contributed by atoms with E-state index >= 15 is 0 Å². The van der Waals surface area contributed by atoms with Gasteiger partial charge in [0, 0.05) is 30.4 Å². The average molecular weight is 350 g/mol. The number of guanidine groups is 1. The van der Waals surface area contributed by atoms with Gasteiger partial charge in [0.25, 0.3) is 0 Å². The minimum absolute atomic E-state index is 0.313. The van der Waals surface area contributed by atoms with Gasteiger partial charge < -0.3 is 15.7 Å². The number of aliphatic hydroxyl groups is 1. The van der Waals surface area contributed by atoms with E-state index in [1.807, 2.05) is 38.2 Å². The molecule has 0 fully saturated rings. The summed E-state index contributed by atoms with van der Waals surface area (Å²) >= 11 is 6.16. The Balaban J connectivity index is 2.02. The molecule has 0 radical (unpaired) electrons. The van der Waals surface area contributed by atoms with Crippen LogP contribution in [0.1, 0.15) is 25.0 Å². The Morgan fingerprint density at radius 2 is 2.12 bits per heavy atom. The molecule has 0 spiro atoms. The molecule has 1 aromatic heterocycles. The molecule has 0 aliphatic carbocycles. The quantitative estimate of drug-likeness (QED) is 0.551. The number of hydrogen-bond donors (Lipinski definition) is 3. The fraction of sp³-hybridized carbons (Fsp3) is 0.412. The summed E-state index contributed by atoms with van der Waals surface area (Å²) in [6, 6.07) is 7.62. The maximum absolute atomic E-state index is 10.6. The number of aryl methyl sites for hydroxylation is 1. The molecule has 0 aliphatic rings. The molecule has 6 nitrogen and oxygen atoms in total. The lowest BCUT2D eigenvalue weighted by atomic mass is 10.00. The first-order chi connectivity index (χ1) is 11.4. The van der Waals surface area contributed by atoms with Crippen LogP contribution in [0.2, 0.25) is 5.02 Å². The number of aliphatic imine (C=N–C) groups is 1. The highest BCUT2D eigenvalue weighted by Gasteiger charge is 2.24. The van der Waals surface area contributed by atoms with Gasteiger partial charge >= 0.3 is 0 Å². The molecule has 1 unspecified atom stereocenters. The highest BCUT2D eigenvalue weighted by molar-refractivity contribution is 6.31. The standard InChI is InChI=1S/C17H24ClN5O/c1-4-19-16(20-9-13-7-5-6-8-15(13)18)21-12-17(2,24)14-10-22-23(3)11-14/h5-8,10-11,24H,4,9,12H2,1-3H3,(H2,19,20,21). The molecule has 0 amide bonds. The summed E-state index contributed by atoms with van der Waals surface area (Å²) in [5, 5.41) is 21.8. The first-order valence-corrected chi connectivity index (χ1v) is 8.27. The largest absolute Gasteiger partial charge is 0.383 e. The zero-order valence-electron chi connectivity index (χ0n) is 14.3. The summed E-state index contributed by atoms with van der Waals surface area (Å²) in [5.41, 5.74) is 0.657. The van der Waals surface area contributed by atoms with E-state index in [1.165, 1.54) is 0 Å². The number of nitrogens with zero attached hydrogens (tertiary/aromatic N) is 3. The van der Waals surface area contributed by atoms with Gasteiger partial charge in [0.15, 0.2) is 5.96 Å². The Morgan fingerprint density at radius 1 is 1.38 bits per heavy atom. The van der Waals surface area contributed by atoms with E-state index in [4.69, 9.17) is 11.6 Å². The summed E-state index contributed by atoms with van der Waals surface area (Å²) in [7, 11) is 1.82. The average Bonchev–Trinajstić information content (AvgIpc) is 2.99. The van der Waals surface area contributed by atoms with Crippen LogP contribution in [0.5, 0.6) is 0 Å². The lowest BCUT2D eigenvalue weighted by Gasteiger charge is -2.23. The minimum atomic E-state index is -1.05. The molecule has 1 aromatic carbocycles. The van der Waals surface area contributed by atoms with Crippen LogP contribution in [0.3, 0.4) is 0 Å². The molecule has 0 saturated heterocycles. The summed E-state index contributed by atoms with van der Waals surface area (Å²) in [6.45, 7) is 5.24. The smallest absolute Gasteiger partial charge is 0.191 e. The predicted molar refractivity (Wildman–Crippen MR) is 97.0 cm³/mol. The lowest BCUT2D eigenvalue weighted by Crippen LogP contribution is -2.44. The van der Waals surface area contributed by atoms with Crippen molar-refractivity contribution in [2.75, 3.05) is 13.1 Å². The number of rotatable bonds is 6. The topological polar surface area (TPSA) is 74.5 Å². The van der Waals surface area contributed by atoms with Crippen molar-refractivity contribution in [3.8, 4) is 0 Å². The maximum atomic E-state index is 10.6. The molecule has 1 heterocycles. The van der Waals surface area contributed by atoms with Gasteiger partial charge in [-0.25, -0.2) is 4.99 Å². The second-order valence-electron chi connectivity index (χ2n) is 5.82. The SMILES string of the molecule is CCNC(=NCc1ccccc1Cl)NCC(C)(O)c1cnn(C)c1. The molecule has 2 rings (SSSR count). The van der Waals surface area contributed by atoms with E-state index in [0.717, 1.165) is 17.7 Å². The van der Waals surface area contributed by atoms with E-state index in [-0.39, 0.29) is 0 Å². The van der Waals surface area contributed by atoms with Gasteiger partial charge in [0.2, 0.25) is 0 Å². The maximum Gasteiger partial charge on any atom is 0.191 e. The Kier molecular flexibility index (Phi) is 6.23. The zero-order valence-corrected chi connectivity index (χ0v) is 15.0. The van der Waals surface area contributed by atoms with E-state index in [0.29, 0.717) is 24.1 Å². The van der Waals surface area contributed by atoms with Crippen molar-refractivity contribution in [3.63, 3.8) is 0 Å². The third-order valence-corrected chi connectivity index (χ3v) is 4.01. The molecular weight excluding hydrogens is 326 g/mol. The molecule has 0 saturated carbocycles. The van der Waals surface area contributed by atoms with Gasteiger partial charge in [0.05, 0.1) is 19.3 Å². The molecular formula is C17H24ClN5O.